The summed E-state index contributed by atoms with van der Waals surface area (Å²) >= 11 is 7.14. The van der Waals surface area contributed by atoms with Gasteiger partial charge >= 0.3 is 0 Å². The van der Waals surface area contributed by atoms with Gasteiger partial charge in [0.25, 0.3) is 0 Å². The van der Waals surface area contributed by atoms with Gasteiger partial charge in [0, 0.05) is 29.2 Å². The van der Waals surface area contributed by atoms with E-state index in [2.05, 4.69) is 55.1 Å². The summed E-state index contributed by atoms with van der Waals surface area (Å²) in [5.74, 6) is 0.951. The lowest BCUT2D eigenvalue weighted by Crippen LogP contribution is -2.37. The Morgan fingerprint density at radius 2 is 2.00 bits per heavy atom. The van der Waals surface area contributed by atoms with E-state index in [0.29, 0.717) is 12.6 Å². The lowest BCUT2D eigenvalue weighted by molar-refractivity contribution is 0.259. The van der Waals surface area contributed by atoms with Crippen LogP contribution in [-0.2, 0) is 6.54 Å². The quantitative estimate of drug-likeness (QED) is 0.578. The molecule has 7 heteroatoms. The van der Waals surface area contributed by atoms with Crippen LogP contribution in [-0.4, -0.2) is 37.2 Å². The van der Waals surface area contributed by atoms with Crippen LogP contribution in [0.4, 0.5) is 0 Å². The molecule has 1 aliphatic heterocycles. The van der Waals surface area contributed by atoms with Crippen LogP contribution in [0.25, 0.3) is 0 Å². The van der Waals surface area contributed by atoms with Crippen LogP contribution in [0, 0.1) is 0 Å². The molecule has 0 spiro atoms. The molecule has 134 valence electrons. The monoisotopic (exact) mass is 490 g/mol. The number of hydrogen-bond donors (Lipinski definition) is 1. The lowest BCUT2D eigenvalue weighted by Gasteiger charge is -2.23. The van der Waals surface area contributed by atoms with E-state index in [0.717, 1.165) is 34.3 Å². The van der Waals surface area contributed by atoms with Crippen molar-refractivity contribution in [3.63, 3.8) is 0 Å². The van der Waals surface area contributed by atoms with Crippen molar-refractivity contribution < 1.29 is 4.74 Å². The van der Waals surface area contributed by atoms with Crippen molar-refractivity contribution in [2.24, 2.45) is 0 Å². The van der Waals surface area contributed by atoms with Crippen molar-refractivity contribution in [3.8, 4) is 5.75 Å². The van der Waals surface area contributed by atoms with Gasteiger partial charge in [0.15, 0.2) is 0 Å². The zero-order valence-electron chi connectivity index (χ0n) is 13.6. The number of benzene rings is 1. The summed E-state index contributed by atoms with van der Waals surface area (Å²) in [5, 5.41) is 3.60. The summed E-state index contributed by atoms with van der Waals surface area (Å²) in [7, 11) is 0. The van der Waals surface area contributed by atoms with Crippen LogP contribution in [0.5, 0.6) is 5.75 Å². The van der Waals surface area contributed by atoms with Gasteiger partial charge in [-0.05, 0) is 60.9 Å². The molecule has 1 heterocycles. The summed E-state index contributed by atoms with van der Waals surface area (Å²) < 4.78 is 7.85. The average Bonchev–Trinajstić information content (AvgIpc) is 2.90. The second kappa shape index (κ2) is 11.9. The van der Waals surface area contributed by atoms with Crippen molar-refractivity contribution in [1.82, 2.24) is 10.2 Å². The zero-order chi connectivity index (χ0) is 15.2. The minimum atomic E-state index is 0. The maximum atomic E-state index is 5.77. The highest BCUT2D eigenvalue weighted by Crippen LogP contribution is 2.33. The Hall–Kier alpha value is 0.480. The maximum Gasteiger partial charge on any atom is 0.138 e. The van der Waals surface area contributed by atoms with Crippen LogP contribution < -0.4 is 10.1 Å². The molecule has 23 heavy (non-hydrogen) atoms. The Morgan fingerprint density at radius 3 is 2.65 bits per heavy atom. The Labute approximate surface area is 169 Å². The van der Waals surface area contributed by atoms with Crippen molar-refractivity contribution in [1.29, 1.82) is 0 Å². The molecule has 1 fully saturated rings. The van der Waals surface area contributed by atoms with E-state index in [1.54, 1.807) is 0 Å². The first-order chi connectivity index (χ1) is 10.2. The molecule has 1 N–H and O–H groups in total. The normalized spacial score (nSPS) is 17.5. The van der Waals surface area contributed by atoms with Gasteiger partial charge in [-0.25, -0.2) is 0 Å². The fourth-order valence-electron chi connectivity index (χ4n) is 2.97. The largest absolute Gasteiger partial charge is 0.492 e. The van der Waals surface area contributed by atoms with Crippen molar-refractivity contribution >= 4 is 56.7 Å². The third-order valence-electron chi connectivity index (χ3n) is 3.97. The predicted molar refractivity (Wildman–Crippen MR) is 109 cm³/mol. The van der Waals surface area contributed by atoms with Gasteiger partial charge in [-0.3, -0.25) is 4.90 Å². The highest BCUT2D eigenvalue weighted by molar-refractivity contribution is 9.11. The minimum absolute atomic E-state index is 0. The molecule has 1 aromatic rings. The zero-order valence-corrected chi connectivity index (χ0v) is 18.4. The molecular formula is C16H26Br2Cl2N2O. The van der Waals surface area contributed by atoms with Crippen LogP contribution in [0.2, 0.25) is 0 Å². The first-order valence-corrected chi connectivity index (χ1v) is 9.29. The molecule has 1 aliphatic rings. The van der Waals surface area contributed by atoms with Gasteiger partial charge < -0.3 is 10.1 Å². The molecule has 3 nitrogen and oxygen atoms in total. The van der Waals surface area contributed by atoms with Crippen LogP contribution in [0.1, 0.15) is 32.3 Å². The van der Waals surface area contributed by atoms with E-state index in [1.807, 2.05) is 13.0 Å². The lowest BCUT2D eigenvalue weighted by atomic mass is 10.2. The summed E-state index contributed by atoms with van der Waals surface area (Å²) in [4.78, 5) is 2.56. The molecule has 1 unspecified atom stereocenters. The highest BCUT2D eigenvalue weighted by atomic mass is 79.9. The van der Waals surface area contributed by atoms with Gasteiger partial charge in [-0.2, -0.15) is 0 Å². The Morgan fingerprint density at radius 1 is 1.26 bits per heavy atom. The van der Waals surface area contributed by atoms with Crippen LogP contribution in [0.3, 0.4) is 0 Å². The van der Waals surface area contributed by atoms with E-state index >= 15 is 0 Å². The molecule has 0 aliphatic carbocycles. The smallest absolute Gasteiger partial charge is 0.138 e. The highest BCUT2D eigenvalue weighted by Gasteiger charge is 2.22. The molecule has 1 saturated heterocycles. The Balaban J connectivity index is 0.00000242. The molecule has 1 aromatic carbocycles. The van der Waals surface area contributed by atoms with Gasteiger partial charge in [0.1, 0.15) is 5.75 Å². The first-order valence-electron chi connectivity index (χ1n) is 7.71. The first kappa shape index (κ1) is 23.5. The van der Waals surface area contributed by atoms with E-state index in [-0.39, 0.29) is 24.8 Å². The number of likely N-dealkylation sites (N-methyl/N-ethyl adjacent to an activating group) is 1. The van der Waals surface area contributed by atoms with Crippen LogP contribution in [0.15, 0.2) is 21.1 Å². The molecule has 0 bridgehead atoms. The second-order valence-electron chi connectivity index (χ2n) is 5.36. The van der Waals surface area contributed by atoms with Crippen molar-refractivity contribution in [3.05, 3.63) is 26.6 Å². The van der Waals surface area contributed by atoms with E-state index in [4.69, 9.17) is 4.74 Å². The summed E-state index contributed by atoms with van der Waals surface area (Å²) in [6.45, 7) is 9.22. The number of rotatable bonds is 7. The summed E-state index contributed by atoms with van der Waals surface area (Å²) in [6, 6.07) is 4.85. The standard InChI is InChI=1S/C16H24Br2N2O.2ClH/c1-3-20-7-5-6-14(20)11-19-10-12-8-13(17)9-15(18)16(12)21-4-2;;/h8-9,14,19H,3-7,10-11H2,1-2H3;2*1H. The average molecular weight is 493 g/mol. The minimum Gasteiger partial charge on any atom is -0.492 e. The van der Waals surface area contributed by atoms with Gasteiger partial charge in [-0.15, -0.1) is 24.8 Å². The van der Waals surface area contributed by atoms with Crippen molar-refractivity contribution in [2.75, 3.05) is 26.2 Å². The number of ether oxygens (including phenoxy) is 1. The molecule has 1 atom stereocenters. The Bertz CT molecular complexity index is 478. The summed E-state index contributed by atoms with van der Waals surface area (Å²) in [5.41, 5.74) is 1.19. The third-order valence-corrected chi connectivity index (χ3v) is 5.02. The molecule has 0 radical (unpaired) electrons. The fourth-order valence-corrected chi connectivity index (χ4v) is 4.40. The van der Waals surface area contributed by atoms with E-state index in [9.17, 15) is 0 Å². The van der Waals surface area contributed by atoms with Crippen molar-refractivity contribution in [2.45, 2.75) is 39.3 Å². The van der Waals surface area contributed by atoms with E-state index in [1.165, 1.54) is 24.9 Å². The van der Waals surface area contributed by atoms with Crippen LogP contribution >= 0.6 is 56.7 Å². The van der Waals surface area contributed by atoms with Gasteiger partial charge in [0.05, 0.1) is 11.1 Å². The van der Waals surface area contributed by atoms with E-state index < -0.39 is 0 Å². The SMILES string of the molecule is CCOc1c(Br)cc(Br)cc1CNCC1CCCN1CC.Cl.Cl. The Kier molecular flexibility index (Phi) is 12.2. The number of halogens is 4. The molecule has 2 rings (SSSR count). The number of nitrogens with one attached hydrogen (secondary N) is 1. The summed E-state index contributed by atoms with van der Waals surface area (Å²) in [6.07, 6.45) is 2.63. The fraction of sp³-hybridized carbons (Fsp3) is 0.625. The topological polar surface area (TPSA) is 24.5 Å². The number of nitrogens with zero attached hydrogens (tertiary/aromatic N) is 1. The number of likely N-dealkylation sites (tertiary alicyclic amines) is 1. The molecule has 0 aromatic heterocycles. The predicted octanol–water partition coefficient (Wildman–Crippen LogP) is 5.03. The third kappa shape index (κ3) is 6.71. The molecule has 0 saturated carbocycles. The second-order valence-corrected chi connectivity index (χ2v) is 7.13. The maximum absolute atomic E-state index is 5.77. The van der Waals surface area contributed by atoms with Gasteiger partial charge in [-0.1, -0.05) is 22.9 Å². The number of hydrogen-bond acceptors (Lipinski definition) is 3. The molecule has 0 amide bonds. The molecular weight excluding hydrogens is 467 g/mol. The van der Waals surface area contributed by atoms with Gasteiger partial charge in [0.2, 0.25) is 0 Å².